The summed E-state index contributed by atoms with van der Waals surface area (Å²) >= 11 is 0. The van der Waals surface area contributed by atoms with Crippen LogP contribution in [0.3, 0.4) is 0 Å². The Balaban J connectivity index is 1.76. The molecule has 3 rings (SSSR count). The number of aromatic nitrogens is 2. The molecule has 1 saturated carbocycles. The van der Waals surface area contributed by atoms with Crippen molar-refractivity contribution in [1.29, 1.82) is 0 Å². The van der Waals surface area contributed by atoms with Gasteiger partial charge in [-0.3, -0.25) is 4.79 Å². The zero-order valence-corrected chi connectivity index (χ0v) is 14.3. The van der Waals surface area contributed by atoms with Gasteiger partial charge in [-0.25, -0.2) is 4.98 Å². The predicted octanol–water partition coefficient (Wildman–Crippen LogP) is 1.02. The van der Waals surface area contributed by atoms with E-state index >= 15 is 0 Å². The van der Waals surface area contributed by atoms with Gasteiger partial charge in [0.1, 0.15) is 5.82 Å². The fourth-order valence-electron chi connectivity index (χ4n) is 3.92. The van der Waals surface area contributed by atoms with E-state index in [0.717, 1.165) is 51.0 Å². The smallest absolute Gasteiger partial charge is 0.240 e. The molecule has 0 bridgehead atoms. The summed E-state index contributed by atoms with van der Waals surface area (Å²) in [5.41, 5.74) is 6.47. The van der Waals surface area contributed by atoms with E-state index in [4.69, 9.17) is 5.73 Å². The molecule has 6 heteroatoms. The van der Waals surface area contributed by atoms with Crippen LogP contribution in [0.2, 0.25) is 0 Å². The van der Waals surface area contributed by atoms with Gasteiger partial charge in [0.05, 0.1) is 12.6 Å². The van der Waals surface area contributed by atoms with Gasteiger partial charge in [0.15, 0.2) is 0 Å². The number of amides is 1. The molecule has 2 atom stereocenters. The molecule has 0 radical (unpaired) electrons. The van der Waals surface area contributed by atoms with Gasteiger partial charge in [-0.2, -0.15) is 0 Å². The molecule has 1 spiro atoms. The van der Waals surface area contributed by atoms with E-state index in [1.54, 1.807) is 6.20 Å². The number of hydrogen-bond acceptors (Lipinski definition) is 4. The Hall–Kier alpha value is -1.40. The van der Waals surface area contributed by atoms with Crippen molar-refractivity contribution in [2.24, 2.45) is 18.2 Å². The summed E-state index contributed by atoms with van der Waals surface area (Å²) < 4.78 is 1.99. The lowest BCUT2D eigenvalue weighted by Crippen LogP contribution is -2.47. The van der Waals surface area contributed by atoms with Crippen LogP contribution in [0.5, 0.6) is 0 Å². The highest BCUT2D eigenvalue weighted by Crippen LogP contribution is 2.56. The van der Waals surface area contributed by atoms with Gasteiger partial charge in [-0.15, -0.1) is 0 Å². The van der Waals surface area contributed by atoms with Gasteiger partial charge < -0.3 is 20.5 Å². The Kier molecular flexibility index (Phi) is 4.73. The molecule has 2 aliphatic rings. The van der Waals surface area contributed by atoms with Crippen LogP contribution in [0.25, 0.3) is 0 Å². The lowest BCUT2D eigenvalue weighted by Gasteiger charge is -2.31. The van der Waals surface area contributed by atoms with E-state index in [1.165, 1.54) is 0 Å². The molecule has 128 valence electrons. The molecule has 1 aliphatic heterocycles. The third-order valence-electron chi connectivity index (χ3n) is 5.55. The zero-order valence-electron chi connectivity index (χ0n) is 14.3. The molecule has 1 amide bonds. The number of nitrogens with zero attached hydrogens (tertiary/aromatic N) is 3. The van der Waals surface area contributed by atoms with Crippen LogP contribution in [0.1, 0.15) is 44.9 Å². The molecule has 0 unspecified atom stereocenters. The van der Waals surface area contributed by atoms with E-state index in [-0.39, 0.29) is 11.9 Å². The maximum Gasteiger partial charge on any atom is 0.240 e. The Morgan fingerprint density at radius 3 is 2.91 bits per heavy atom. The minimum Gasteiger partial charge on any atom is -0.337 e. The molecule has 0 aromatic carbocycles. The number of aryl methyl sites for hydroxylation is 1. The quantitative estimate of drug-likeness (QED) is 0.821. The first-order valence-electron chi connectivity index (χ1n) is 8.80. The number of imidazole rings is 1. The first-order chi connectivity index (χ1) is 11.1. The average molecular weight is 319 g/mol. The maximum atomic E-state index is 12.9. The van der Waals surface area contributed by atoms with Crippen molar-refractivity contribution >= 4 is 5.91 Å². The third-order valence-corrected chi connectivity index (χ3v) is 5.55. The Bertz CT molecular complexity index is 549. The lowest BCUT2D eigenvalue weighted by atomic mass is 9.93. The zero-order chi connectivity index (χ0) is 16.4. The van der Waals surface area contributed by atoms with Gasteiger partial charge in [0.2, 0.25) is 5.91 Å². The number of carbonyl (C=O) groups is 1. The molecule has 6 nitrogen and oxygen atoms in total. The summed E-state index contributed by atoms with van der Waals surface area (Å²) in [6, 6.07) is -0.0589. The van der Waals surface area contributed by atoms with Gasteiger partial charge >= 0.3 is 0 Å². The van der Waals surface area contributed by atoms with Crippen molar-refractivity contribution in [3.8, 4) is 0 Å². The number of hydrogen-bond donors (Lipinski definition) is 2. The summed E-state index contributed by atoms with van der Waals surface area (Å²) in [5.74, 6) is 1.02. The topological polar surface area (TPSA) is 76.2 Å². The highest BCUT2D eigenvalue weighted by atomic mass is 16.2. The average Bonchev–Trinajstić information content (AvgIpc) is 3.06. The molecular formula is C17H29N5O. The molecule has 1 aromatic rings. The minimum absolute atomic E-state index is 0.0928. The number of nitrogens with one attached hydrogen (secondary N) is 1. The highest BCUT2D eigenvalue weighted by Gasteiger charge is 2.58. The SMILES string of the molecule is CCC[C@@H](N)C(=O)N(Cc1nccn1C)[C@@H]1CC12CCNCC2. The molecule has 1 aliphatic carbocycles. The fraction of sp³-hybridized carbons (Fsp3) is 0.765. The van der Waals surface area contributed by atoms with Gasteiger partial charge in [-0.05, 0) is 44.2 Å². The van der Waals surface area contributed by atoms with Crippen molar-refractivity contribution in [2.75, 3.05) is 13.1 Å². The van der Waals surface area contributed by atoms with E-state index < -0.39 is 0 Å². The highest BCUT2D eigenvalue weighted by molar-refractivity contribution is 5.82. The number of piperidine rings is 1. The van der Waals surface area contributed by atoms with Crippen molar-refractivity contribution in [2.45, 2.75) is 57.7 Å². The first-order valence-corrected chi connectivity index (χ1v) is 8.80. The molecule has 2 fully saturated rings. The maximum absolute atomic E-state index is 12.9. The number of carbonyl (C=O) groups excluding carboxylic acids is 1. The normalized spacial score (nSPS) is 23.7. The summed E-state index contributed by atoms with van der Waals surface area (Å²) in [6.45, 7) is 4.76. The molecule has 23 heavy (non-hydrogen) atoms. The van der Waals surface area contributed by atoms with Crippen LogP contribution >= 0.6 is 0 Å². The molecule has 2 heterocycles. The minimum atomic E-state index is -0.389. The van der Waals surface area contributed by atoms with Gasteiger partial charge in [0, 0.05) is 25.5 Å². The summed E-state index contributed by atoms with van der Waals surface area (Å²) in [7, 11) is 1.98. The Labute approximate surface area is 138 Å². The van der Waals surface area contributed by atoms with Gasteiger partial charge in [0.25, 0.3) is 0 Å². The predicted molar refractivity (Wildman–Crippen MR) is 89.6 cm³/mol. The second kappa shape index (κ2) is 6.61. The Morgan fingerprint density at radius 2 is 2.30 bits per heavy atom. The fourth-order valence-corrected chi connectivity index (χ4v) is 3.92. The number of nitrogens with two attached hydrogens (primary N) is 1. The van der Waals surface area contributed by atoms with Crippen molar-refractivity contribution < 1.29 is 4.79 Å². The largest absolute Gasteiger partial charge is 0.337 e. The first kappa shape index (κ1) is 16.5. The molecular weight excluding hydrogens is 290 g/mol. The van der Waals surface area contributed by atoms with Crippen LogP contribution in [0.4, 0.5) is 0 Å². The van der Waals surface area contributed by atoms with E-state index in [0.29, 0.717) is 18.0 Å². The monoisotopic (exact) mass is 319 g/mol. The molecule has 1 aromatic heterocycles. The van der Waals surface area contributed by atoms with Crippen LogP contribution < -0.4 is 11.1 Å². The van der Waals surface area contributed by atoms with E-state index in [1.807, 2.05) is 22.7 Å². The van der Waals surface area contributed by atoms with Gasteiger partial charge in [-0.1, -0.05) is 13.3 Å². The number of rotatable bonds is 6. The molecule has 1 saturated heterocycles. The summed E-state index contributed by atoms with van der Waals surface area (Å²) in [4.78, 5) is 19.4. The standard InChI is InChI=1S/C17H29N5O/c1-3-4-13(18)16(23)22(12-15-20-9-10-21(15)2)14-11-17(14)5-7-19-8-6-17/h9-10,13-14,19H,3-8,11-12,18H2,1-2H3/t13-,14-/m1/s1. The van der Waals surface area contributed by atoms with Crippen LogP contribution in [0, 0.1) is 5.41 Å². The third kappa shape index (κ3) is 3.28. The van der Waals surface area contributed by atoms with Crippen LogP contribution in [-0.2, 0) is 18.4 Å². The molecule has 3 N–H and O–H groups in total. The van der Waals surface area contributed by atoms with Crippen LogP contribution in [0.15, 0.2) is 12.4 Å². The summed E-state index contributed by atoms with van der Waals surface area (Å²) in [6.07, 6.45) is 8.83. The van der Waals surface area contributed by atoms with Crippen molar-refractivity contribution in [1.82, 2.24) is 19.8 Å². The second-order valence-corrected chi connectivity index (χ2v) is 7.15. The second-order valence-electron chi connectivity index (χ2n) is 7.15. The van der Waals surface area contributed by atoms with Crippen LogP contribution in [-0.4, -0.2) is 45.5 Å². The van der Waals surface area contributed by atoms with E-state index in [2.05, 4.69) is 17.2 Å². The van der Waals surface area contributed by atoms with Crippen molar-refractivity contribution in [3.05, 3.63) is 18.2 Å². The Morgan fingerprint density at radius 1 is 1.57 bits per heavy atom. The van der Waals surface area contributed by atoms with E-state index in [9.17, 15) is 4.79 Å². The lowest BCUT2D eigenvalue weighted by molar-refractivity contribution is -0.134. The summed E-state index contributed by atoms with van der Waals surface area (Å²) in [5, 5.41) is 3.42. The van der Waals surface area contributed by atoms with Crippen molar-refractivity contribution in [3.63, 3.8) is 0 Å².